The third-order valence-corrected chi connectivity index (χ3v) is 12.8. The molecule has 0 aliphatic heterocycles. The third kappa shape index (κ3) is 6.93. The number of nitriles is 1. The first-order chi connectivity index (χ1) is 32.6. The Kier molecular flexibility index (Phi) is 9.51. The van der Waals surface area contributed by atoms with Crippen LogP contribution in [0.3, 0.4) is 0 Å². The number of aromatic nitrogens is 3. The molecule has 66 heavy (non-hydrogen) atoms. The molecular formula is C62H38N4. The van der Waals surface area contributed by atoms with Crippen molar-refractivity contribution in [3.05, 3.63) is 236 Å². The minimum Gasteiger partial charge on any atom is -0.208 e. The molecule has 0 atom stereocenters. The van der Waals surface area contributed by atoms with Gasteiger partial charge in [0.25, 0.3) is 0 Å². The van der Waals surface area contributed by atoms with Gasteiger partial charge in [-0.1, -0.05) is 200 Å². The van der Waals surface area contributed by atoms with Gasteiger partial charge < -0.3 is 0 Å². The molecule has 0 radical (unpaired) electrons. The maximum Gasteiger partial charge on any atom is 0.164 e. The van der Waals surface area contributed by atoms with E-state index in [0.29, 0.717) is 23.0 Å². The van der Waals surface area contributed by atoms with Crippen molar-refractivity contribution in [2.24, 2.45) is 0 Å². The number of benzene rings is 11. The summed E-state index contributed by atoms with van der Waals surface area (Å²) in [6, 6.07) is 82.9. The average molecular weight is 839 g/mol. The van der Waals surface area contributed by atoms with Crippen molar-refractivity contribution in [3.63, 3.8) is 0 Å². The first-order valence-electron chi connectivity index (χ1n) is 22.1. The van der Waals surface area contributed by atoms with Crippen molar-refractivity contribution in [2.75, 3.05) is 0 Å². The van der Waals surface area contributed by atoms with Crippen LogP contribution in [0.25, 0.3) is 122 Å². The van der Waals surface area contributed by atoms with E-state index in [9.17, 15) is 5.26 Å². The molecule has 12 aromatic rings. The topological polar surface area (TPSA) is 62.5 Å². The highest BCUT2D eigenvalue weighted by molar-refractivity contribution is 6.25. The number of hydrogen-bond donors (Lipinski definition) is 0. The Balaban J connectivity index is 0.913. The van der Waals surface area contributed by atoms with Crippen LogP contribution in [0.1, 0.15) is 5.56 Å². The summed E-state index contributed by atoms with van der Waals surface area (Å²) >= 11 is 0. The quantitative estimate of drug-likeness (QED) is 0.150. The Morgan fingerprint density at radius 3 is 1.36 bits per heavy atom. The first-order valence-corrected chi connectivity index (χ1v) is 22.1. The fourth-order valence-electron chi connectivity index (χ4n) is 9.48. The highest BCUT2D eigenvalue weighted by Gasteiger charge is 2.16. The summed E-state index contributed by atoms with van der Waals surface area (Å²) in [5, 5.41) is 20.4. The maximum absolute atomic E-state index is 10.4. The summed E-state index contributed by atoms with van der Waals surface area (Å²) in [4.78, 5) is 15.1. The Hall–Kier alpha value is -9.04. The van der Waals surface area contributed by atoms with Crippen LogP contribution >= 0.6 is 0 Å². The molecule has 0 unspecified atom stereocenters. The lowest BCUT2D eigenvalue weighted by molar-refractivity contribution is 1.07. The Morgan fingerprint density at radius 2 is 0.682 bits per heavy atom. The van der Waals surface area contributed by atoms with Crippen LogP contribution in [0.5, 0.6) is 0 Å². The van der Waals surface area contributed by atoms with Crippen molar-refractivity contribution in [1.82, 2.24) is 15.0 Å². The van der Waals surface area contributed by atoms with Gasteiger partial charge in [-0.05, 0) is 112 Å². The lowest BCUT2D eigenvalue weighted by Crippen LogP contribution is -2.00. The van der Waals surface area contributed by atoms with Gasteiger partial charge in [-0.2, -0.15) is 5.26 Å². The highest BCUT2D eigenvalue weighted by atomic mass is 15.0. The Bertz CT molecular complexity index is 3840. The largest absolute Gasteiger partial charge is 0.208 e. The van der Waals surface area contributed by atoms with E-state index in [1.54, 1.807) is 0 Å². The van der Waals surface area contributed by atoms with Gasteiger partial charge in [-0.15, -0.1) is 0 Å². The smallest absolute Gasteiger partial charge is 0.164 e. The summed E-state index contributed by atoms with van der Waals surface area (Å²) in [7, 11) is 0. The van der Waals surface area contributed by atoms with Gasteiger partial charge in [0.15, 0.2) is 17.5 Å². The van der Waals surface area contributed by atoms with Crippen LogP contribution in [0.4, 0.5) is 0 Å². The summed E-state index contributed by atoms with van der Waals surface area (Å²) in [5.74, 6) is 1.73. The predicted octanol–water partition coefficient (Wildman–Crippen LogP) is 16.0. The second-order valence-electron chi connectivity index (χ2n) is 16.7. The van der Waals surface area contributed by atoms with Crippen LogP contribution in [-0.4, -0.2) is 15.0 Å². The predicted molar refractivity (Wildman–Crippen MR) is 273 cm³/mol. The van der Waals surface area contributed by atoms with Crippen LogP contribution in [0, 0.1) is 11.3 Å². The number of fused-ring (bicyclic) bond motifs is 7. The van der Waals surface area contributed by atoms with Crippen molar-refractivity contribution in [2.45, 2.75) is 0 Å². The van der Waals surface area contributed by atoms with Gasteiger partial charge in [0.05, 0.1) is 11.6 Å². The van der Waals surface area contributed by atoms with Gasteiger partial charge in [-0.3, -0.25) is 0 Å². The Labute approximate surface area is 382 Å². The second kappa shape index (κ2) is 16.3. The van der Waals surface area contributed by atoms with E-state index in [2.05, 4.69) is 182 Å². The lowest BCUT2D eigenvalue weighted by atomic mass is 9.91. The van der Waals surface area contributed by atoms with E-state index in [4.69, 9.17) is 15.0 Å². The molecule has 1 aromatic heterocycles. The standard InChI is InChI=1S/C62H38N4/c63-39-50-32-31-46(44-17-10-18-45(35-44)47-33-34-57-55-24-7-6-22-53(55)54-23-8-9-25-56(54)59(57)38-47)37-58(50)48-19-11-20-49(36-48)62-65-60(42-14-2-1-3-15-42)64-61(66-62)43-29-27-41(28-30-43)52-26-12-16-40-13-4-5-21-51(40)52/h1-38H. The molecule has 1 heterocycles. The third-order valence-electron chi connectivity index (χ3n) is 12.8. The van der Waals surface area contributed by atoms with E-state index in [-0.39, 0.29) is 0 Å². The molecule has 11 aromatic carbocycles. The van der Waals surface area contributed by atoms with E-state index < -0.39 is 0 Å². The molecule has 0 aliphatic carbocycles. The van der Waals surface area contributed by atoms with Crippen LogP contribution in [-0.2, 0) is 0 Å². The second-order valence-corrected chi connectivity index (χ2v) is 16.7. The Morgan fingerprint density at radius 1 is 0.258 bits per heavy atom. The monoisotopic (exact) mass is 838 g/mol. The van der Waals surface area contributed by atoms with Crippen molar-refractivity contribution in [3.8, 4) is 84.7 Å². The molecule has 0 fully saturated rings. The number of rotatable bonds is 7. The van der Waals surface area contributed by atoms with Gasteiger partial charge in [0, 0.05) is 22.3 Å². The molecule has 0 spiro atoms. The van der Waals surface area contributed by atoms with Gasteiger partial charge in [0.1, 0.15) is 0 Å². The average Bonchev–Trinajstić information content (AvgIpc) is 3.40. The summed E-state index contributed by atoms with van der Waals surface area (Å²) in [6.07, 6.45) is 0. The summed E-state index contributed by atoms with van der Waals surface area (Å²) in [6.45, 7) is 0. The van der Waals surface area contributed by atoms with E-state index in [1.807, 2.05) is 54.6 Å². The van der Waals surface area contributed by atoms with Gasteiger partial charge >= 0.3 is 0 Å². The van der Waals surface area contributed by atoms with E-state index in [0.717, 1.165) is 55.6 Å². The maximum atomic E-state index is 10.4. The molecule has 0 saturated heterocycles. The molecule has 4 nitrogen and oxygen atoms in total. The van der Waals surface area contributed by atoms with Crippen LogP contribution < -0.4 is 0 Å². The highest BCUT2D eigenvalue weighted by Crippen LogP contribution is 2.39. The molecule has 0 saturated carbocycles. The summed E-state index contributed by atoms with van der Waals surface area (Å²) < 4.78 is 0. The van der Waals surface area contributed by atoms with Crippen LogP contribution in [0.15, 0.2) is 231 Å². The van der Waals surface area contributed by atoms with Crippen molar-refractivity contribution in [1.29, 1.82) is 5.26 Å². The van der Waals surface area contributed by atoms with Gasteiger partial charge in [0.2, 0.25) is 0 Å². The van der Waals surface area contributed by atoms with E-state index in [1.165, 1.54) is 48.7 Å². The zero-order chi connectivity index (χ0) is 44.0. The van der Waals surface area contributed by atoms with Crippen molar-refractivity contribution >= 4 is 43.1 Å². The SMILES string of the molecule is N#Cc1ccc(-c2cccc(-c3ccc4c5ccccc5c5ccccc5c4c3)c2)cc1-c1cccc(-c2nc(-c3ccccc3)nc(-c3ccc(-c4cccc5ccccc45)cc3)n2)c1. The zero-order valence-corrected chi connectivity index (χ0v) is 35.7. The molecule has 12 rings (SSSR count). The van der Waals surface area contributed by atoms with Crippen LogP contribution in [0.2, 0.25) is 0 Å². The summed E-state index contributed by atoms with van der Waals surface area (Å²) in [5.41, 5.74) is 11.6. The normalized spacial score (nSPS) is 11.3. The molecule has 4 heteroatoms. The van der Waals surface area contributed by atoms with E-state index >= 15 is 0 Å². The van der Waals surface area contributed by atoms with Gasteiger partial charge in [-0.25, -0.2) is 15.0 Å². The fourth-order valence-corrected chi connectivity index (χ4v) is 9.48. The number of nitrogens with zero attached hydrogens (tertiary/aromatic N) is 4. The zero-order valence-electron chi connectivity index (χ0n) is 35.7. The number of hydrogen-bond acceptors (Lipinski definition) is 4. The minimum atomic E-state index is 0.553. The lowest BCUT2D eigenvalue weighted by Gasteiger charge is -2.13. The molecule has 0 N–H and O–H groups in total. The molecule has 0 aliphatic rings. The fraction of sp³-hybridized carbons (Fsp3) is 0. The molecule has 0 amide bonds. The molecular weight excluding hydrogens is 801 g/mol. The molecule has 0 bridgehead atoms. The molecule has 306 valence electrons. The van der Waals surface area contributed by atoms with Crippen molar-refractivity contribution < 1.29 is 0 Å². The minimum absolute atomic E-state index is 0.553. The first kappa shape index (κ1) is 38.6.